The third-order valence-electron chi connectivity index (χ3n) is 5.88. The molecule has 1 saturated heterocycles. The Morgan fingerprint density at radius 3 is 2.68 bits per heavy atom. The molecule has 4 rings (SSSR count). The molecule has 2 aromatic rings. The molecule has 164 valence electrons. The van der Waals surface area contributed by atoms with Gasteiger partial charge in [-0.3, -0.25) is 14.6 Å². The Labute approximate surface area is 184 Å². The summed E-state index contributed by atoms with van der Waals surface area (Å²) in [5.74, 6) is 0.265. The zero-order chi connectivity index (χ0) is 21.8. The maximum atomic E-state index is 13.3. The van der Waals surface area contributed by atoms with Crippen LogP contribution in [0.4, 0.5) is 0 Å². The van der Waals surface area contributed by atoms with Gasteiger partial charge in [-0.2, -0.15) is 0 Å². The number of morpholine rings is 1. The number of ether oxygens (including phenoxy) is 1. The van der Waals surface area contributed by atoms with Gasteiger partial charge >= 0.3 is 0 Å². The number of amides is 2. The van der Waals surface area contributed by atoms with Crippen LogP contribution in [0, 0.1) is 5.92 Å². The van der Waals surface area contributed by atoms with Crippen molar-refractivity contribution in [3.63, 3.8) is 0 Å². The lowest BCUT2D eigenvalue weighted by Crippen LogP contribution is -2.62. The number of carbonyl (C=O) groups is 2. The summed E-state index contributed by atoms with van der Waals surface area (Å²) in [5.41, 5.74) is 2.09. The first-order valence-corrected chi connectivity index (χ1v) is 11.2. The van der Waals surface area contributed by atoms with Gasteiger partial charge in [-0.15, -0.1) is 0 Å². The van der Waals surface area contributed by atoms with Gasteiger partial charge in [0.15, 0.2) is 5.60 Å². The molecule has 0 radical (unpaired) electrons. The summed E-state index contributed by atoms with van der Waals surface area (Å²) in [6.07, 6.45) is 6.47. The normalized spacial score (nSPS) is 21.2. The Balaban J connectivity index is 1.59. The average Bonchev–Trinajstić information content (AvgIpc) is 3.58. The van der Waals surface area contributed by atoms with Crippen molar-refractivity contribution in [1.82, 2.24) is 15.2 Å². The van der Waals surface area contributed by atoms with E-state index in [-0.39, 0.29) is 30.3 Å². The van der Waals surface area contributed by atoms with Crippen LogP contribution in [0.15, 0.2) is 48.8 Å². The van der Waals surface area contributed by atoms with E-state index in [0.29, 0.717) is 26.0 Å². The molecule has 6 nitrogen and oxygen atoms in total. The quantitative estimate of drug-likeness (QED) is 0.745. The molecule has 2 fully saturated rings. The molecule has 1 saturated carbocycles. The lowest BCUT2D eigenvalue weighted by molar-refractivity contribution is -0.166. The van der Waals surface area contributed by atoms with E-state index in [0.717, 1.165) is 29.5 Å². The van der Waals surface area contributed by atoms with E-state index in [4.69, 9.17) is 4.74 Å². The van der Waals surface area contributed by atoms with Crippen molar-refractivity contribution in [2.75, 3.05) is 19.7 Å². The molecule has 1 N–H and O–H groups in total. The first-order valence-electron chi connectivity index (χ1n) is 11.2. The maximum absolute atomic E-state index is 13.3. The summed E-state index contributed by atoms with van der Waals surface area (Å²) in [4.78, 5) is 32.0. The largest absolute Gasteiger partial charge is 0.361 e. The van der Waals surface area contributed by atoms with Crippen LogP contribution >= 0.6 is 0 Å². The molecule has 2 aliphatic rings. The molecule has 1 aliphatic carbocycles. The molecule has 0 spiro atoms. The number of hydrogen-bond donors (Lipinski definition) is 1. The van der Waals surface area contributed by atoms with Crippen molar-refractivity contribution in [2.45, 2.75) is 51.2 Å². The minimum absolute atomic E-state index is 0.0902. The minimum atomic E-state index is -1.07. The predicted octanol–water partition coefficient (Wildman–Crippen LogP) is 3.21. The Kier molecular flexibility index (Phi) is 6.37. The summed E-state index contributed by atoms with van der Waals surface area (Å²) in [5, 5.41) is 3.12. The fraction of sp³-hybridized carbons (Fsp3) is 0.480. The Morgan fingerprint density at radius 1 is 1.19 bits per heavy atom. The van der Waals surface area contributed by atoms with Crippen LogP contribution in [-0.2, 0) is 20.7 Å². The first kappa shape index (κ1) is 21.5. The second kappa shape index (κ2) is 9.18. The minimum Gasteiger partial charge on any atom is -0.361 e. The van der Waals surface area contributed by atoms with Crippen LogP contribution < -0.4 is 5.32 Å². The molecule has 1 aliphatic heterocycles. The monoisotopic (exact) mass is 421 g/mol. The molecule has 2 amide bonds. The van der Waals surface area contributed by atoms with Crippen LogP contribution in [0.2, 0.25) is 0 Å². The molecule has 6 heteroatoms. The number of nitrogens with one attached hydrogen (secondary N) is 1. The Morgan fingerprint density at radius 2 is 1.97 bits per heavy atom. The number of benzene rings is 1. The van der Waals surface area contributed by atoms with Gasteiger partial charge in [0.1, 0.15) is 0 Å². The van der Waals surface area contributed by atoms with E-state index in [1.165, 1.54) is 0 Å². The first-order chi connectivity index (χ1) is 14.9. The van der Waals surface area contributed by atoms with Crippen LogP contribution in [0.3, 0.4) is 0 Å². The summed E-state index contributed by atoms with van der Waals surface area (Å²) < 4.78 is 6.18. The zero-order valence-electron chi connectivity index (χ0n) is 18.3. The zero-order valence-corrected chi connectivity index (χ0v) is 18.3. The molecule has 1 aromatic heterocycles. The highest BCUT2D eigenvalue weighted by Gasteiger charge is 2.46. The summed E-state index contributed by atoms with van der Waals surface area (Å²) in [7, 11) is 0. The number of hydrogen-bond acceptors (Lipinski definition) is 4. The second-order valence-corrected chi connectivity index (χ2v) is 9.12. The van der Waals surface area contributed by atoms with Crippen LogP contribution in [0.1, 0.15) is 38.7 Å². The van der Waals surface area contributed by atoms with Crippen molar-refractivity contribution in [1.29, 1.82) is 0 Å². The van der Waals surface area contributed by atoms with E-state index < -0.39 is 5.60 Å². The lowest BCUT2D eigenvalue weighted by atomic mass is 9.89. The maximum Gasteiger partial charge on any atom is 0.254 e. The van der Waals surface area contributed by atoms with Crippen molar-refractivity contribution >= 4 is 11.8 Å². The fourth-order valence-electron chi connectivity index (χ4n) is 4.08. The van der Waals surface area contributed by atoms with Gasteiger partial charge in [0.05, 0.1) is 13.2 Å². The molecule has 0 bridgehead atoms. The second-order valence-electron chi connectivity index (χ2n) is 9.12. The molecule has 2 heterocycles. The van der Waals surface area contributed by atoms with Gasteiger partial charge in [-0.05, 0) is 47.6 Å². The number of carbonyl (C=O) groups excluding carboxylic acids is 2. The molecule has 1 aromatic carbocycles. The van der Waals surface area contributed by atoms with E-state index in [2.05, 4.69) is 22.4 Å². The number of aromatic nitrogens is 1. The van der Waals surface area contributed by atoms with Gasteiger partial charge < -0.3 is 15.0 Å². The topological polar surface area (TPSA) is 71.5 Å². The molecule has 0 unspecified atom stereocenters. The fourth-order valence-corrected chi connectivity index (χ4v) is 4.08. The SMILES string of the molecule is CC(C)CC(=O)N1CCO[C@](Cc2cccc(-c3ccncc3)c2)(C(=O)NC2CC2)C1. The van der Waals surface area contributed by atoms with Crippen LogP contribution in [0.5, 0.6) is 0 Å². The predicted molar refractivity (Wildman–Crippen MR) is 119 cm³/mol. The van der Waals surface area contributed by atoms with Crippen molar-refractivity contribution in [3.8, 4) is 11.1 Å². The van der Waals surface area contributed by atoms with Gasteiger partial charge in [0.25, 0.3) is 5.91 Å². The van der Waals surface area contributed by atoms with Crippen molar-refractivity contribution in [2.24, 2.45) is 5.92 Å². The molecular formula is C25H31N3O3. The highest BCUT2D eigenvalue weighted by atomic mass is 16.5. The Bertz CT molecular complexity index is 927. The van der Waals surface area contributed by atoms with Crippen LogP contribution in [-0.4, -0.2) is 53.0 Å². The summed E-state index contributed by atoms with van der Waals surface area (Å²) in [6, 6.07) is 12.3. The smallest absolute Gasteiger partial charge is 0.254 e. The standard InChI is InChI=1S/C25H31N3O3/c1-18(2)14-23(29)28-12-13-31-25(17-28,24(30)27-22-6-7-22)16-19-4-3-5-21(15-19)20-8-10-26-11-9-20/h3-5,8-11,15,18,22H,6-7,12-14,16-17H2,1-2H3,(H,27,30)/t25-/m0/s1. The van der Waals surface area contributed by atoms with E-state index in [1.807, 2.05) is 43.0 Å². The van der Waals surface area contributed by atoms with Gasteiger partial charge in [-0.1, -0.05) is 38.1 Å². The van der Waals surface area contributed by atoms with Crippen molar-refractivity contribution in [3.05, 3.63) is 54.4 Å². The Hall–Kier alpha value is -2.73. The lowest BCUT2D eigenvalue weighted by Gasteiger charge is -2.42. The summed E-state index contributed by atoms with van der Waals surface area (Å²) in [6.45, 7) is 5.26. The highest BCUT2D eigenvalue weighted by molar-refractivity contribution is 5.88. The highest BCUT2D eigenvalue weighted by Crippen LogP contribution is 2.29. The average molecular weight is 422 g/mol. The number of nitrogens with zero attached hydrogens (tertiary/aromatic N) is 2. The molecule has 31 heavy (non-hydrogen) atoms. The molecule has 1 atom stereocenters. The summed E-state index contributed by atoms with van der Waals surface area (Å²) >= 11 is 0. The van der Waals surface area contributed by atoms with Gasteiger partial charge in [-0.25, -0.2) is 0 Å². The van der Waals surface area contributed by atoms with Gasteiger partial charge in [0, 0.05) is 37.8 Å². The third kappa shape index (κ3) is 5.31. The number of pyridine rings is 1. The number of rotatable bonds is 7. The van der Waals surface area contributed by atoms with E-state index in [1.54, 1.807) is 12.4 Å². The third-order valence-corrected chi connectivity index (χ3v) is 5.88. The van der Waals surface area contributed by atoms with E-state index in [9.17, 15) is 9.59 Å². The molecular weight excluding hydrogens is 390 g/mol. The van der Waals surface area contributed by atoms with Crippen LogP contribution in [0.25, 0.3) is 11.1 Å². The van der Waals surface area contributed by atoms with E-state index >= 15 is 0 Å². The van der Waals surface area contributed by atoms with Crippen molar-refractivity contribution < 1.29 is 14.3 Å². The van der Waals surface area contributed by atoms with Gasteiger partial charge in [0.2, 0.25) is 5.91 Å².